The molecule has 7 nitrogen and oxygen atoms in total. The van der Waals surface area contributed by atoms with Gasteiger partial charge in [-0.15, -0.1) is 0 Å². The summed E-state index contributed by atoms with van der Waals surface area (Å²) in [6.07, 6.45) is 1.11. The molecule has 0 N–H and O–H groups in total. The standard InChI is InChI=1S/C8H9NO6S.Na/c1-16(13,14)15-5-2-4-3-6(10)9(4)7(5)8(11)12;/h4H,2-3H2,1H3,(H,11,12);/q;+1/p-1. The molecule has 1 amide bonds. The molecular weight excluding hydrogens is 261 g/mol. The van der Waals surface area contributed by atoms with Gasteiger partial charge in [-0.3, -0.25) is 4.79 Å². The van der Waals surface area contributed by atoms with E-state index < -0.39 is 21.8 Å². The summed E-state index contributed by atoms with van der Waals surface area (Å²) in [7, 11) is -3.80. The van der Waals surface area contributed by atoms with Crippen LogP contribution in [0.5, 0.6) is 0 Å². The molecule has 1 atom stereocenters. The van der Waals surface area contributed by atoms with Crippen LogP contribution >= 0.6 is 0 Å². The van der Waals surface area contributed by atoms with Crippen LogP contribution in [-0.2, 0) is 23.9 Å². The first-order chi connectivity index (χ1) is 7.29. The average molecular weight is 269 g/mol. The van der Waals surface area contributed by atoms with Crippen molar-refractivity contribution in [2.45, 2.75) is 18.9 Å². The zero-order chi connectivity index (χ0) is 12.1. The molecule has 9 heteroatoms. The van der Waals surface area contributed by atoms with Crippen LogP contribution in [0.25, 0.3) is 0 Å². The summed E-state index contributed by atoms with van der Waals surface area (Å²) in [5, 5.41) is 10.8. The number of hydrogen-bond acceptors (Lipinski definition) is 6. The van der Waals surface area contributed by atoms with Crippen molar-refractivity contribution in [1.82, 2.24) is 4.90 Å². The van der Waals surface area contributed by atoms with Gasteiger partial charge in [0.2, 0.25) is 5.91 Å². The molecule has 2 aliphatic heterocycles. The summed E-state index contributed by atoms with van der Waals surface area (Å²) in [6.45, 7) is 0. The first-order valence-electron chi connectivity index (χ1n) is 4.45. The van der Waals surface area contributed by atoms with Crippen molar-refractivity contribution in [1.29, 1.82) is 0 Å². The van der Waals surface area contributed by atoms with Crippen molar-refractivity contribution in [3.63, 3.8) is 0 Å². The molecule has 0 aromatic rings. The molecule has 0 aromatic carbocycles. The van der Waals surface area contributed by atoms with Crippen molar-refractivity contribution in [3.05, 3.63) is 11.5 Å². The number of nitrogens with zero attached hydrogens (tertiary/aromatic N) is 1. The third-order valence-electron chi connectivity index (χ3n) is 2.42. The number of fused-ring (bicyclic) bond motifs is 1. The van der Waals surface area contributed by atoms with Crippen LogP contribution in [0.15, 0.2) is 11.5 Å². The summed E-state index contributed by atoms with van der Waals surface area (Å²) >= 11 is 0. The molecule has 2 aliphatic rings. The van der Waals surface area contributed by atoms with Crippen LogP contribution < -0.4 is 34.7 Å². The van der Waals surface area contributed by atoms with Gasteiger partial charge in [0.1, 0.15) is 11.5 Å². The van der Waals surface area contributed by atoms with E-state index in [-0.39, 0.29) is 60.1 Å². The molecule has 2 heterocycles. The number of carbonyl (C=O) groups excluding carboxylic acids is 2. The topological polar surface area (TPSA) is 104 Å². The Bertz CT molecular complexity index is 510. The Morgan fingerprint density at radius 3 is 2.47 bits per heavy atom. The van der Waals surface area contributed by atoms with Gasteiger partial charge in [-0.05, 0) is 0 Å². The van der Waals surface area contributed by atoms with Gasteiger partial charge in [-0.1, -0.05) is 0 Å². The van der Waals surface area contributed by atoms with E-state index in [1.54, 1.807) is 0 Å². The summed E-state index contributed by atoms with van der Waals surface area (Å²) < 4.78 is 26.3. The fourth-order valence-corrected chi connectivity index (χ4v) is 2.38. The van der Waals surface area contributed by atoms with E-state index in [1.165, 1.54) is 0 Å². The predicted molar refractivity (Wildman–Crippen MR) is 47.8 cm³/mol. The fourth-order valence-electron chi connectivity index (χ4n) is 1.87. The molecule has 0 bridgehead atoms. The molecule has 1 saturated heterocycles. The second kappa shape index (κ2) is 4.60. The van der Waals surface area contributed by atoms with Crippen molar-refractivity contribution in [2.75, 3.05) is 6.26 Å². The largest absolute Gasteiger partial charge is 1.00 e. The third kappa shape index (κ3) is 2.65. The molecule has 2 rings (SSSR count). The zero-order valence-corrected chi connectivity index (χ0v) is 12.1. The van der Waals surface area contributed by atoms with Gasteiger partial charge in [0, 0.05) is 12.8 Å². The number of carboxylic acid groups (broad SMARTS) is 1. The van der Waals surface area contributed by atoms with Crippen LogP contribution in [0, 0.1) is 0 Å². The van der Waals surface area contributed by atoms with E-state index in [2.05, 4.69) is 4.18 Å². The number of aliphatic carboxylic acids is 1. The van der Waals surface area contributed by atoms with Crippen LogP contribution in [0.1, 0.15) is 12.8 Å². The number of amides is 1. The Hall–Kier alpha value is -0.570. The molecule has 17 heavy (non-hydrogen) atoms. The zero-order valence-electron chi connectivity index (χ0n) is 9.30. The Balaban J connectivity index is 0.00000144. The normalized spacial score (nSPS) is 22.8. The molecule has 1 unspecified atom stereocenters. The van der Waals surface area contributed by atoms with Gasteiger partial charge in [-0.25, -0.2) is 0 Å². The summed E-state index contributed by atoms with van der Waals surface area (Å²) in [5.41, 5.74) is -0.466. The molecule has 0 aromatic heterocycles. The van der Waals surface area contributed by atoms with Gasteiger partial charge in [0.05, 0.1) is 18.3 Å². The monoisotopic (exact) mass is 269 g/mol. The van der Waals surface area contributed by atoms with E-state index >= 15 is 0 Å². The molecule has 0 radical (unpaired) electrons. The number of rotatable bonds is 3. The Morgan fingerprint density at radius 1 is 1.47 bits per heavy atom. The van der Waals surface area contributed by atoms with Gasteiger partial charge in [0.15, 0.2) is 0 Å². The average Bonchev–Trinajstić information content (AvgIpc) is 2.35. The maximum Gasteiger partial charge on any atom is 1.00 e. The van der Waals surface area contributed by atoms with Crippen molar-refractivity contribution in [2.24, 2.45) is 0 Å². The van der Waals surface area contributed by atoms with Gasteiger partial charge in [-0.2, -0.15) is 8.42 Å². The third-order valence-corrected chi connectivity index (χ3v) is 2.92. The summed E-state index contributed by atoms with van der Waals surface area (Å²) in [4.78, 5) is 22.9. The Labute approximate surface area is 120 Å². The number of carbonyl (C=O) groups is 2. The second-order valence-electron chi connectivity index (χ2n) is 3.67. The predicted octanol–water partition coefficient (Wildman–Crippen LogP) is -5.07. The SMILES string of the molecule is CS(=O)(=O)OC1=C(C(=O)[O-])N2C(=O)CC2C1.[Na+]. The molecule has 0 spiro atoms. The van der Waals surface area contributed by atoms with E-state index in [1.807, 2.05) is 0 Å². The number of hydrogen-bond donors (Lipinski definition) is 0. The minimum absolute atomic E-state index is 0. The van der Waals surface area contributed by atoms with E-state index in [4.69, 9.17) is 0 Å². The van der Waals surface area contributed by atoms with Gasteiger partial charge >= 0.3 is 39.7 Å². The first-order valence-corrected chi connectivity index (χ1v) is 6.27. The maximum absolute atomic E-state index is 11.1. The van der Waals surface area contributed by atoms with Crippen LogP contribution in [0.2, 0.25) is 0 Å². The van der Waals surface area contributed by atoms with Crippen molar-refractivity contribution >= 4 is 22.0 Å². The quantitative estimate of drug-likeness (QED) is 0.288. The second-order valence-corrected chi connectivity index (χ2v) is 5.25. The van der Waals surface area contributed by atoms with E-state index in [0.29, 0.717) is 0 Å². The minimum atomic E-state index is -3.80. The Morgan fingerprint density at radius 2 is 2.06 bits per heavy atom. The molecule has 1 fully saturated rings. The number of carboxylic acids is 1. The maximum atomic E-state index is 11.1. The van der Waals surface area contributed by atoms with Crippen molar-refractivity contribution < 1.29 is 56.9 Å². The smallest absolute Gasteiger partial charge is 0.543 e. The molecule has 88 valence electrons. The van der Waals surface area contributed by atoms with Crippen LogP contribution in [0.3, 0.4) is 0 Å². The van der Waals surface area contributed by atoms with Crippen molar-refractivity contribution in [3.8, 4) is 0 Å². The Kier molecular flexibility index (Phi) is 3.92. The summed E-state index contributed by atoms with van der Waals surface area (Å²) in [6, 6.07) is -0.308. The molecular formula is C8H8NNaO6S. The van der Waals surface area contributed by atoms with Gasteiger partial charge in [0.25, 0.3) is 0 Å². The molecule has 0 saturated carbocycles. The first kappa shape index (κ1) is 14.5. The fraction of sp³-hybridized carbons (Fsp3) is 0.500. The number of β-lactam (4-membered cyclic amide) rings is 1. The van der Waals surface area contributed by atoms with Crippen LogP contribution in [0.4, 0.5) is 0 Å². The van der Waals surface area contributed by atoms with E-state index in [9.17, 15) is 23.1 Å². The van der Waals surface area contributed by atoms with E-state index in [0.717, 1.165) is 11.2 Å². The van der Waals surface area contributed by atoms with Crippen LogP contribution in [-0.4, -0.2) is 37.5 Å². The summed E-state index contributed by atoms with van der Waals surface area (Å²) in [5.74, 6) is -2.19. The minimum Gasteiger partial charge on any atom is -0.543 e. The molecule has 0 aliphatic carbocycles. The van der Waals surface area contributed by atoms with Gasteiger partial charge < -0.3 is 19.0 Å².